The van der Waals surface area contributed by atoms with Crippen molar-refractivity contribution in [3.05, 3.63) is 47.0 Å². The van der Waals surface area contributed by atoms with E-state index in [0.29, 0.717) is 16.0 Å². The fraction of sp³-hybridized carbons (Fsp3) is 0. The van der Waals surface area contributed by atoms with Crippen LogP contribution in [0.25, 0.3) is 21.3 Å². The fourth-order valence-corrected chi connectivity index (χ4v) is 3.15. The summed E-state index contributed by atoms with van der Waals surface area (Å²) in [6.45, 7) is 0. The molecule has 5 nitrogen and oxygen atoms in total. The van der Waals surface area contributed by atoms with E-state index in [2.05, 4.69) is 4.98 Å². The van der Waals surface area contributed by atoms with Crippen molar-refractivity contribution in [3.63, 3.8) is 0 Å². The van der Waals surface area contributed by atoms with E-state index in [-0.39, 0.29) is 16.2 Å². The van der Waals surface area contributed by atoms with Crippen molar-refractivity contribution in [1.82, 2.24) is 4.98 Å². The summed E-state index contributed by atoms with van der Waals surface area (Å²) in [5, 5.41) is 28.7. The van der Waals surface area contributed by atoms with Crippen LogP contribution >= 0.6 is 11.3 Å². The number of aromatic hydroxyl groups is 1. The highest BCUT2D eigenvalue weighted by Gasteiger charge is 2.20. The van der Waals surface area contributed by atoms with Crippen LogP contribution in [0.4, 0.5) is 0 Å². The Morgan fingerprint density at radius 2 is 2.14 bits per heavy atom. The van der Waals surface area contributed by atoms with Crippen LogP contribution in [-0.4, -0.2) is 21.2 Å². The minimum Gasteiger partial charge on any atom is -0.507 e. The minimum atomic E-state index is -1.04. The van der Waals surface area contributed by atoms with Crippen molar-refractivity contribution in [1.29, 1.82) is 5.26 Å². The predicted octanol–water partition coefficient (Wildman–Crippen LogP) is 3.24. The van der Waals surface area contributed by atoms with Crippen LogP contribution in [0, 0.1) is 11.3 Å². The topological polar surface area (TPSA) is 94.2 Å². The number of rotatable bonds is 2. The molecule has 1 aromatic carbocycles. The molecule has 0 aliphatic rings. The number of benzene rings is 1. The highest BCUT2D eigenvalue weighted by molar-refractivity contribution is 7.21. The van der Waals surface area contributed by atoms with E-state index in [0.717, 1.165) is 16.7 Å². The molecule has 0 aliphatic carbocycles. The maximum absolute atomic E-state index is 11.5. The largest absolute Gasteiger partial charge is 0.507 e. The number of nitriles is 1. The van der Waals surface area contributed by atoms with E-state index < -0.39 is 5.97 Å². The molecule has 2 aromatic heterocycles. The van der Waals surface area contributed by atoms with Gasteiger partial charge in [-0.1, -0.05) is 6.07 Å². The average molecular weight is 296 g/mol. The number of hydrogen-bond acceptors (Lipinski definition) is 5. The first-order valence-electron chi connectivity index (χ1n) is 5.96. The summed E-state index contributed by atoms with van der Waals surface area (Å²) in [5.41, 5.74) is 1.19. The Hall–Kier alpha value is -2.91. The lowest BCUT2D eigenvalue weighted by atomic mass is 10.0. The highest BCUT2D eigenvalue weighted by atomic mass is 32.1. The third-order valence-electron chi connectivity index (χ3n) is 3.07. The van der Waals surface area contributed by atoms with Crippen molar-refractivity contribution in [2.45, 2.75) is 0 Å². The summed E-state index contributed by atoms with van der Waals surface area (Å²) in [4.78, 5) is 16.4. The molecule has 6 heteroatoms. The Morgan fingerprint density at radius 3 is 2.86 bits per heavy atom. The third kappa shape index (κ3) is 2.10. The molecule has 0 bridgehead atoms. The van der Waals surface area contributed by atoms with Crippen LogP contribution in [-0.2, 0) is 0 Å². The Kier molecular flexibility index (Phi) is 3.05. The minimum absolute atomic E-state index is 0.104. The molecular formula is C15H8N2O3S. The molecule has 0 saturated heterocycles. The van der Waals surface area contributed by atoms with Crippen LogP contribution in [0.15, 0.2) is 36.5 Å². The Bertz CT molecular complexity index is 909. The molecule has 3 rings (SSSR count). The number of pyridine rings is 1. The second kappa shape index (κ2) is 4.89. The molecule has 0 amide bonds. The number of carboxylic acid groups (broad SMARTS) is 1. The van der Waals surface area contributed by atoms with E-state index in [1.54, 1.807) is 24.4 Å². The monoisotopic (exact) mass is 296 g/mol. The van der Waals surface area contributed by atoms with Gasteiger partial charge in [-0.25, -0.2) is 9.78 Å². The maximum Gasteiger partial charge on any atom is 0.346 e. The van der Waals surface area contributed by atoms with E-state index in [1.807, 2.05) is 6.07 Å². The van der Waals surface area contributed by atoms with Gasteiger partial charge in [0.05, 0.1) is 5.56 Å². The quantitative estimate of drug-likeness (QED) is 0.757. The van der Waals surface area contributed by atoms with Gasteiger partial charge in [-0.3, -0.25) is 0 Å². The summed E-state index contributed by atoms with van der Waals surface area (Å²) in [6.07, 6.45) is 1.60. The number of aromatic nitrogens is 1. The van der Waals surface area contributed by atoms with E-state index in [9.17, 15) is 15.0 Å². The molecule has 0 unspecified atom stereocenters. The maximum atomic E-state index is 11.5. The third-order valence-corrected chi connectivity index (χ3v) is 4.17. The van der Waals surface area contributed by atoms with Crippen molar-refractivity contribution >= 4 is 27.5 Å². The predicted molar refractivity (Wildman–Crippen MR) is 78.4 cm³/mol. The summed E-state index contributed by atoms with van der Waals surface area (Å²) < 4.78 is 0. The van der Waals surface area contributed by atoms with Crippen molar-refractivity contribution in [2.75, 3.05) is 0 Å². The SMILES string of the molecule is N#Cc1cc(-c2c(C(=O)O)sc3ncccc23)ccc1O. The molecule has 0 fully saturated rings. The number of aromatic carboxylic acids is 1. The van der Waals surface area contributed by atoms with E-state index >= 15 is 0 Å². The fourth-order valence-electron chi connectivity index (χ4n) is 2.15. The van der Waals surface area contributed by atoms with Gasteiger partial charge >= 0.3 is 5.97 Å². The van der Waals surface area contributed by atoms with Crippen LogP contribution in [0.1, 0.15) is 15.2 Å². The van der Waals surface area contributed by atoms with Crippen molar-refractivity contribution in [2.24, 2.45) is 0 Å². The zero-order chi connectivity index (χ0) is 15.0. The Labute approximate surface area is 123 Å². The lowest BCUT2D eigenvalue weighted by Crippen LogP contribution is -1.95. The first-order valence-corrected chi connectivity index (χ1v) is 6.77. The van der Waals surface area contributed by atoms with Gasteiger partial charge in [-0.05, 0) is 29.8 Å². The first-order chi connectivity index (χ1) is 10.1. The molecular weight excluding hydrogens is 288 g/mol. The second-order valence-corrected chi connectivity index (χ2v) is 5.31. The Morgan fingerprint density at radius 1 is 1.33 bits per heavy atom. The van der Waals surface area contributed by atoms with Gasteiger partial charge in [-0.2, -0.15) is 5.26 Å². The molecule has 3 aromatic rings. The standard InChI is InChI=1S/C15H8N2O3S/c16-7-9-6-8(3-4-11(9)18)12-10-2-1-5-17-14(10)21-13(12)15(19)20/h1-6,18H,(H,19,20). The van der Waals surface area contributed by atoms with E-state index in [1.165, 1.54) is 12.1 Å². The van der Waals surface area contributed by atoms with Crippen LogP contribution in [0.2, 0.25) is 0 Å². The number of phenols is 1. The molecule has 0 spiro atoms. The van der Waals surface area contributed by atoms with Crippen LogP contribution in [0.5, 0.6) is 5.75 Å². The lowest BCUT2D eigenvalue weighted by molar-refractivity contribution is 0.0703. The van der Waals surface area contributed by atoms with Gasteiger partial charge in [0.25, 0.3) is 0 Å². The molecule has 0 atom stereocenters. The molecule has 21 heavy (non-hydrogen) atoms. The zero-order valence-corrected chi connectivity index (χ0v) is 11.4. The number of phenolic OH excluding ortho intramolecular Hbond substituents is 1. The highest BCUT2D eigenvalue weighted by Crippen LogP contribution is 2.38. The summed E-state index contributed by atoms with van der Waals surface area (Å²) in [7, 11) is 0. The number of thiophene rings is 1. The van der Waals surface area contributed by atoms with Gasteiger partial charge in [-0.15, -0.1) is 11.3 Å². The molecule has 2 N–H and O–H groups in total. The van der Waals surface area contributed by atoms with Crippen molar-refractivity contribution in [3.8, 4) is 22.9 Å². The molecule has 2 heterocycles. The molecule has 0 aliphatic heterocycles. The molecule has 0 saturated carbocycles. The number of carbonyl (C=O) groups is 1. The first kappa shape index (κ1) is 13.1. The van der Waals surface area contributed by atoms with Gasteiger partial charge < -0.3 is 10.2 Å². The Balaban J connectivity index is 2.36. The van der Waals surface area contributed by atoms with E-state index in [4.69, 9.17) is 5.26 Å². The smallest absolute Gasteiger partial charge is 0.346 e. The number of carboxylic acids is 1. The van der Waals surface area contributed by atoms with Crippen LogP contribution < -0.4 is 0 Å². The molecule has 0 radical (unpaired) electrons. The number of fused-ring (bicyclic) bond motifs is 1. The lowest BCUT2D eigenvalue weighted by Gasteiger charge is -2.04. The van der Waals surface area contributed by atoms with Gasteiger partial charge in [0.15, 0.2) is 0 Å². The average Bonchev–Trinajstić information content (AvgIpc) is 2.87. The molecule has 102 valence electrons. The van der Waals surface area contributed by atoms with Gasteiger partial charge in [0.1, 0.15) is 21.5 Å². The summed E-state index contributed by atoms with van der Waals surface area (Å²) in [5.74, 6) is -1.17. The normalized spacial score (nSPS) is 10.4. The summed E-state index contributed by atoms with van der Waals surface area (Å²) >= 11 is 1.09. The number of nitrogens with zero attached hydrogens (tertiary/aromatic N) is 2. The number of hydrogen-bond donors (Lipinski definition) is 2. The van der Waals surface area contributed by atoms with Crippen molar-refractivity contribution < 1.29 is 15.0 Å². The van der Waals surface area contributed by atoms with Gasteiger partial charge in [0.2, 0.25) is 0 Å². The zero-order valence-electron chi connectivity index (χ0n) is 10.6. The van der Waals surface area contributed by atoms with Crippen LogP contribution in [0.3, 0.4) is 0 Å². The second-order valence-electron chi connectivity index (χ2n) is 4.31. The van der Waals surface area contributed by atoms with Gasteiger partial charge in [0, 0.05) is 17.1 Å². The summed E-state index contributed by atoms with van der Waals surface area (Å²) in [6, 6.07) is 9.87.